The average molecular weight is 340 g/mol. The number of rotatable bonds is 3. The van der Waals surface area contributed by atoms with Crippen molar-refractivity contribution in [3.8, 4) is 5.75 Å². The van der Waals surface area contributed by atoms with E-state index in [1.165, 1.54) is 10.6 Å². The van der Waals surface area contributed by atoms with E-state index >= 15 is 0 Å². The molecule has 5 heteroatoms. The molecule has 0 fully saturated rings. The van der Waals surface area contributed by atoms with Crippen molar-refractivity contribution in [2.24, 2.45) is 7.05 Å². The number of benzene rings is 2. The fourth-order valence-corrected chi connectivity index (χ4v) is 2.66. The lowest BCUT2D eigenvalue weighted by Crippen LogP contribution is -2.24. The monoisotopic (exact) mass is 339 g/mol. The summed E-state index contributed by atoms with van der Waals surface area (Å²) >= 11 is 5.82. The Balaban J connectivity index is 2.07. The van der Waals surface area contributed by atoms with Gasteiger partial charge >= 0.3 is 0 Å². The van der Waals surface area contributed by atoms with Crippen LogP contribution in [0, 0.1) is 0 Å². The SMILES string of the molecule is Cn1c(=O)c(C(=O)/C=C/c2ccc(Cl)cc2)c(O)c2ccccc21. The number of hydrogen-bond acceptors (Lipinski definition) is 3. The molecule has 24 heavy (non-hydrogen) atoms. The van der Waals surface area contributed by atoms with Gasteiger partial charge in [-0.25, -0.2) is 0 Å². The van der Waals surface area contributed by atoms with E-state index in [4.69, 9.17) is 11.6 Å². The molecule has 3 rings (SSSR count). The van der Waals surface area contributed by atoms with E-state index in [1.807, 2.05) is 0 Å². The summed E-state index contributed by atoms with van der Waals surface area (Å²) in [6.45, 7) is 0. The van der Waals surface area contributed by atoms with Crippen LogP contribution >= 0.6 is 11.6 Å². The third-order valence-corrected chi connectivity index (χ3v) is 4.07. The summed E-state index contributed by atoms with van der Waals surface area (Å²) in [7, 11) is 1.57. The molecular weight excluding hydrogens is 326 g/mol. The molecular formula is C19H14ClNO3. The zero-order valence-electron chi connectivity index (χ0n) is 12.9. The van der Waals surface area contributed by atoms with Gasteiger partial charge in [0, 0.05) is 17.5 Å². The topological polar surface area (TPSA) is 59.3 Å². The average Bonchev–Trinajstić information content (AvgIpc) is 2.59. The molecule has 4 nitrogen and oxygen atoms in total. The lowest BCUT2D eigenvalue weighted by molar-refractivity contribution is 0.104. The second-order valence-corrected chi connectivity index (χ2v) is 5.79. The van der Waals surface area contributed by atoms with E-state index in [0.717, 1.165) is 5.56 Å². The molecule has 2 aromatic carbocycles. The fourth-order valence-electron chi connectivity index (χ4n) is 2.53. The van der Waals surface area contributed by atoms with Crippen LogP contribution in [0.5, 0.6) is 5.75 Å². The van der Waals surface area contributed by atoms with Gasteiger partial charge in [0.05, 0.1) is 5.52 Å². The van der Waals surface area contributed by atoms with Crippen molar-refractivity contribution < 1.29 is 9.90 Å². The van der Waals surface area contributed by atoms with Crippen LogP contribution in [0.4, 0.5) is 0 Å². The van der Waals surface area contributed by atoms with Gasteiger partial charge in [-0.15, -0.1) is 0 Å². The van der Waals surface area contributed by atoms with Gasteiger partial charge < -0.3 is 9.67 Å². The van der Waals surface area contributed by atoms with Gasteiger partial charge in [-0.2, -0.15) is 0 Å². The van der Waals surface area contributed by atoms with Gasteiger partial charge in [-0.05, 0) is 35.9 Å². The summed E-state index contributed by atoms with van der Waals surface area (Å²) in [5, 5.41) is 11.4. The first kappa shape index (κ1) is 16.0. The van der Waals surface area contributed by atoms with Crippen LogP contribution in [-0.4, -0.2) is 15.5 Å². The number of aromatic hydroxyl groups is 1. The predicted octanol–water partition coefficient (Wildman–Crippen LogP) is 3.79. The quantitative estimate of drug-likeness (QED) is 0.583. The highest BCUT2D eigenvalue weighted by Gasteiger charge is 2.18. The van der Waals surface area contributed by atoms with E-state index in [0.29, 0.717) is 15.9 Å². The maximum atomic E-state index is 12.4. The first-order valence-corrected chi connectivity index (χ1v) is 7.65. The normalized spacial score (nSPS) is 11.2. The molecule has 1 heterocycles. The van der Waals surface area contributed by atoms with Crippen LogP contribution in [0.1, 0.15) is 15.9 Å². The summed E-state index contributed by atoms with van der Waals surface area (Å²) in [5.74, 6) is -0.840. The van der Waals surface area contributed by atoms with Gasteiger partial charge in [-0.1, -0.05) is 41.9 Å². The number of allylic oxidation sites excluding steroid dienone is 1. The Hall–Kier alpha value is -2.85. The largest absolute Gasteiger partial charge is 0.506 e. The molecule has 0 aliphatic carbocycles. The van der Waals surface area contributed by atoms with Crippen LogP contribution in [0.15, 0.2) is 59.4 Å². The number of carbonyl (C=O) groups excluding carboxylic acids is 1. The third-order valence-electron chi connectivity index (χ3n) is 3.82. The molecule has 0 bridgehead atoms. The number of para-hydroxylation sites is 1. The number of halogens is 1. The maximum absolute atomic E-state index is 12.4. The van der Waals surface area contributed by atoms with Gasteiger partial charge in [0.25, 0.3) is 5.56 Å². The van der Waals surface area contributed by atoms with Crippen molar-refractivity contribution in [1.82, 2.24) is 4.57 Å². The Kier molecular flexibility index (Phi) is 4.23. The van der Waals surface area contributed by atoms with Crippen molar-refractivity contribution in [1.29, 1.82) is 0 Å². The van der Waals surface area contributed by atoms with Gasteiger partial charge in [0.15, 0.2) is 5.78 Å². The van der Waals surface area contributed by atoms with Crippen molar-refractivity contribution >= 4 is 34.4 Å². The molecule has 0 saturated heterocycles. The zero-order valence-corrected chi connectivity index (χ0v) is 13.6. The first-order valence-electron chi connectivity index (χ1n) is 7.27. The highest BCUT2D eigenvalue weighted by atomic mass is 35.5. The standard InChI is InChI=1S/C19H14ClNO3/c1-21-15-5-3-2-4-14(15)18(23)17(19(21)24)16(22)11-8-12-6-9-13(20)10-7-12/h2-11,23H,1H3/b11-8+. The molecule has 1 N–H and O–H groups in total. The maximum Gasteiger partial charge on any atom is 0.265 e. The first-order chi connectivity index (χ1) is 11.5. The summed E-state index contributed by atoms with van der Waals surface area (Å²) in [4.78, 5) is 24.9. The number of ketones is 1. The van der Waals surface area contributed by atoms with Crippen LogP contribution in [0.3, 0.4) is 0 Å². The Labute approximate surface area is 143 Å². The van der Waals surface area contributed by atoms with Crippen LogP contribution < -0.4 is 5.56 Å². The van der Waals surface area contributed by atoms with Gasteiger partial charge in [0.2, 0.25) is 0 Å². The van der Waals surface area contributed by atoms with Gasteiger partial charge in [-0.3, -0.25) is 9.59 Å². The molecule has 0 unspecified atom stereocenters. The molecule has 3 aromatic rings. The van der Waals surface area contributed by atoms with Crippen LogP contribution in [-0.2, 0) is 7.05 Å². The molecule has 0 spiro atoms. The number of carbonyl (C=O) groups is 1. The highest BCUT2D eigenvalue weighted by Crippen LogP contribution is 2.26. The van der Waals surface area contributed by atoms with Crippen LogP contribution in [0.2, 0.25) is 5.02 Å². The Morgan fingerprint density at radius 3 is 2.50 bits per heavy atom. The van der Waals surface area contributed by atoms with Crippen molar-refractivity contribution in [2.45, 2.75) is 0 Å². The molecule has 0 aliphatic heterocycles. The van der Waals surface area contributed by atoms with Crippen molar-refractivity contribution in [3.05, 3.63) is 81.1 Å². The van der Waals surface area contributed by atoms with Gasteiger partial charge in [0.1, 0.15) is 11.3 Å². The highest BCUT2D eigenvalue weighted by molar-refractivity contribution is 6.30. The summed E-state index contributed by atoms with van der Waals surface area (Å²) < 4.78 is 1.36. The molecule has 0 radical (unpaired) electrons. The number of nitrogens with zero attached hydrogens (tertiary/aromatic N) is 1. The lowest BCUT2D eigenvalue weighted by Gasteiger charge is -2.09. The van der Waals surface area contributed by atoms with Crippen molar-refractivity contribution in [2.75, 3.05) is 0 Å². The van der Waals surface area contributed by atoms with E-state index in [9.17, 15) is 14.7 Å². The molecule has 0 aliphatic rings. The van der Waals surface area contributed by atoms with E-state index < -0.39 is 11.3 Å². The summed E-state index contributed by atoms with van der Waals surface area (Å²) in [6, 6.07) is 13.8. The molecule has 120 valence electrons. The molecule has 0 atom stereocenters. The number of pyridine rings is 1. The third kappa shape index (κ3) is 2.84. The number of fused-ring (bicyclic) bond motifs is 1. The van der Waals surface area contributed by atoms with E-state index in [-0.39, 0.29) is 11.3 Å². The number of hydrogen-bond donors (Lipinski definition) is 1. The summed E-state index contributed by atoms with van der Waals surface area (Å²) in [6.07, 6.45) is 2.85. The van der Waals surface area contributed by atoms with E-state index in [1.54, 1.807) is 61.7 Å². The minimum atomic E-state index is -0.547. The second kappa shape index (κ2) is 6.34. The predicted molar refractivity (Wildman–Crippen MR) is 95.7 cm³/mol. The Morgan fingerprint density at radius 2 is 1.79 bits per heavy atom. The lowest BCUT2D eigenvalue weighted by atomic mass is 10.1. The molecule has 1 aromatic heterocycles. The zero-order chi connectivity index (χ0) is 17.3. The second-order valence-electron chi connectivity index (χ2n) is 5.35. The van der Waals surface area contributed by atoms with E-state index in [2.05, 4.69) is 0 Å². The fraction of sp³-hybridized carbons (Fsp3) is 0.0526. The smallest absolute Gasteiger partial charge is 0.265 e. The number of aryl methyl sites for hydroxylation is 1. The van der Waals surface area contributed by atoms with Crippen molar-refractivity contribution in [3.63, 3.8) is 0 Å². The number of aromatic nitrogens is 1. The summed E-state index contributed by atoms with van der Waals surface area (Å²) in [5.41, 5.74) is 0.571. The molecule has 0 amide bonds. The van der Waals surface area contributed by atoms with Crippen LogP contribution in [0.25, 0.3) is 17.0 Å². The Morgan fingerprint density at radius 1 is 1.12 bits per heavy atom. The molecule has 0 saturated carbocycles. The Bertz CT molecular complexity index is 1020. The minimum absolute atomic E-state index is 0.235. The minimum Gasteiger partial charge on any atom is -0.506 e.